The van der Waals surface area contributed by atoms with E-state index in [1.165, 1.54) is 24.4 Å². The number of nitrogens with one attached hydrogen (secondary N) is 1. The average Bonchev–Trinajstić information content (AvgIpc) is 3.30. The lowest BCUT2D eigenvalue weighted by atomic mass is 10.1. The molecule has 8 nitrogen and oxygen atoms in total. The fourth-order valence-corrected chi connectivity index (χ4v) is 4.10. The maximum Gasteiger partial charge on any atom is 0.337 e. The number of pyridine rings is 1. The minimum atomic E-state index is -0.423. The molecule has 34 heavy (non-hydrogen) atoms. The number of thioether (sulfide) groups is 1. The Kier molecular flexibility index (Phi) is 7.67. The van der Waals surface area contributed by atoms with Crippen molar-refractivity contribution in [1.82, 2.24) is 19.7 Å². The topological polar surface area (TPSA) is 99.0 Å². The number of benzene rings is 2. The summed E-state index contributed by atoms with van der Waals surface area (Å²) in [5, 5.41) is 12.2. The molecule has 2 heterocycles. The van der Waals surface area contributed by atoms with Crippen molar-refractivity contribution in [3.63, 3.8) is 0 Å². The normalized spacial score (nSPS) is 10.6. The average molecular weight is 474 g/mol. The van der Waals surface area contributed by atoms with Crippen molar-refractivity contribution >= 4 is 29.3 Å². The van der Waals surface area contributed by atoms with Crippen LogP contribution in [0.5, 0.6) is 0 Å². The molecule has 1 amide bonds. The maximum atomic E-state index is 12.5. The van der Waals surface area contributed by atoms with Gasteiger partial charge in [-0.25, -0.2) is 4.79 Å². The van der Waals surface area contributed by atoms with E-state index < -0.39 is 5.97 Å². The van der Waals surface area contributed by atoms with Gasteiger partial charge in [0.05, 0.1) is 18.4 Å². The number of hydrogen-bond donors (Lipinski definition) is 1. The molecule has 0 aliphatic heterocycles. The Hall–Kier alpha value is -3.98. The molecular weight excluding hydrogens is 450 g/mol. The second-order valence-corrected chi connectivity index (χ2v) is 8.28. The Bertz CT molecular complexity index is 1240. The van der Waals surface area contributed by atoms with E-state index in [9.17, 15) is 9.59 Å². The van der Waals surface area contributed by atoms with Gasteiger partial charge < -0.3 is 14.6 Å². The van der Waals surface area contributed by atoms with Gasteiger partial charge in [-0.05, 0) is 48.4 Å². The van der Waals surface area contributed by atoms with Gasteiger partial charge in [-0.3, -0.25) is 9.78 Å². The third-order valence-corrected chi connectivity index (χ3v) is 6.01. The van der Waals surface area contributed by atoms with Gasteiger partial charge in [0.15, 0.2) is 11.0 Å². The summed E-state index contributed by atoms with van der Waals surface area (Å²) in [6, 6.07) is 20.5. The Morgan fingerprint density at radius 1 is 0.971 bits per heavy atom. The number of hydrogen-bond acceptors (Lipinski definition) is 7. The van der Waals surface area contributed by atoms with E-state index in [0.717, 1.165) is 17.8 Å². The van der Waals surface area contributed by atoms with E-state index in [4.69, 9.17) is 0 Å². The van der Waals surface area contributed by atoms with Crippen LogP contribution in [0.4, 0.5) is 5.69 Å². The van der Waals surface area contributed by atoms with E-state index in [2.05, 4.69) is 37.4 Å². The zero-order valence-electron chi connectivity index (χ0n) is 18.5. The molecule has 0 saturated heterocycles. The van der Waals surface area contributed by atoms with Crippen molar-refractivity contribution in [3.05, 3.63) is 90.3 Å². The van der Waals surface area contributed by atoms with Crippen LogP contribution in [0, 0.1) is 0 Å². The quantitative estimate of drug-likeness (QED) is 0.289. The third kappa shape index (κ3) is 5.87. The number of aryl methyl sites for hydroxylation is 1. The summed E-state index contributed by atoms with van der Waals surface area (Å²) in [5.74, 6) is 0.297. The Morgan fingerprint density at radius 3 is 2.41 bits per heavy atom. The number of amides is 1. The largest absolute Gasteiger partial charge is 0.465 e. The monoisotopic (exact) mass is 473 g/mol. The highest BCUT2D eigenvalue weighted by Crippen LogP contribution is 2.24. The number of esters is 1. The smallest absolute Gasteiger partial charge is 0.337 e. The van der Waals surface area contributed by atoms with Crippen molar-refractivity contribution in [1.29, 1.82) is 0 Å². The van der Waals surface area contributed by atoms with Crippen LogP contribution in [0.2, 0.25) is 0 Å². The first-order valence-electron chi connectivity index (χ1n) is 10.6. The minimum Gasteiger partial charge on any atom is -0.465 e. The number of nitrogens with zero attached hydrogens (tertiary/aromatic N) is 4. The molecule has 0 bridgehead atoms. The van der Waals surface area contributed by atoms with E-state index >= 15 is 0 Å². The summed E-state index contributed by atoms with van der Waals surface area (Å²) in [5.41, 5.74) is 3.14. The van der Waals surface area contributed by atoms with Crippen LogP contribution >= 0.6 is 11.8 Å². The fourth-order valence-electron chi connectivity index (χ4n) is 3.33. The summed E-state index contributed by atoms with van der Waals surface area (Å²) >= 11 is 1.32. The second kappa shape index (κ2) is 11.2. The first kappa shape index (κ1) is 23.2. The van der Waals surface area contributed by atoms with Crippen LogP contribution in [0.15, 0.2) is 84.3 Å². The van der Waals surface area contributed by atoms with E-state index in [0.29, 0.717) is 23.0 Å². The van der Waals surface area contributed by atoms with Gasteiger partial charge in [0.25, 0.3) is 0 Å². The number of ether oxygens (including phenoxy) is 1. The highest BCUT2D eigenvalue weighted by molar-refractivity contribution is 7.99. The van der Waals surface area contributed by atoms with Gasteiger partial charge in [-0.15, -0.1) is 10.2 Å². The number of carbonyl (C=O) groups is 2. The van der Waals surface area contributed by atoms with Gasteiger partial charge in [-0.2, -0.15) is 0 Å². The van der Waals surface area contributed by atoms with Crippen LogP contribution in [0.1, 0.15) is 15.9 Å². The highest BCUT2D eigenvalue weighted by atomic mass is 32.2. The number of methoxy groups -OCH3 is 1. The van der Waals surface area contributed by atoms with Crippen molar-refractivity contribution < 1.29 is 14.3 Å². The lowest BCUT2D eigenvalue weighted by Crippen LogP contribution is -2.15. The minimum absolute atomic E-state index is 0.165. The van der Waals surface area contributed by atoms with E-state index in [1.807, 2.05) is 34.9 Å². The maximum absolute atomic E-state index is 12.5. The zero-order valence-corrected chi connectivity index (χ0v) is 19.4. The Labute approximate surface area is 201 Å². The second-order valence-electron chi connectivity index (χ2n) is 7.34. The van der Waals surface area contributed by atoms with Crippen LogP contribution in [-0.4, -0.2) is 44.5 Å². The molecule has 0 unspecified atom stereocenters. The predicted octanol–water partition coefficient (Wildman–Crippen LogP) is 4.10. The van der Waals surface area contributed by atoms with Crippen LogP contribution < -0.4 is 5.32 Å². The number of carbonyl (C=O) groups excluding carboxylic acids is 2. The molecule has 4 rings (SSSR count). The van der Waals surface area contributed by atoms with Gasteiger partial charge in [-0.1, -0.05) is 42.1 Å². The van der Waals surface area contributed by atoms with Gasteiger partial charge in [0, 0.05) is 30.2 Å². The first-order chi connectivity index (χ1) is 16.6. The lowest BCUT2D eigenvalue weighted by Gasteiger charge is -2.11. The standard InChI is InChI=1S/C25H23N5O3S/c1-33-24(32)20-7-9-21(10-8-20)27-22(31)17-34-25-29-28-23(19-11-14-26-15-12-19)30(25)16-13-18-5-3-2-4-6-18/h2-12,14-15H,13,16-17H2,1H3,(H,27,31). The molecular formula is C25H23N5O3S. The molecule has 172 valence electrons. The summed E-state index contributed by atoms with van der Waals surface area (Å²) in [7, 11) is 1.33. The zero-order chi connectivity index (χ0) is 23.8. The molecule has 4 aromatic rings. The molecule has 2 aromatic heterocycles. The number of anilines is 1. The molecule has 1 N–H and O–H groups in total. The van der Waals surface area contributed by atoms with Gasteiger partial charge in [0.2, 0.25) is 5.91 Å². The Morgan fingerprint density at radius 2 is 1.71 bits per heavy atom. The van der Waals surface area contributed by atoms with Gasteiger partial charge >= 0.3 is 5.97 Å². The van der Waals surface area contributed by atoms with E-state index in [-0.39, 0.29) is 11.7 Å². The van der Waals surface area contributed by atoms with Crippen molar-refractivity contribution in [2.24, 2.45) is 0 Å². The fraction of sp³-hybridized carbons (Fsp3) is 0.160. The molecule has 0 saturated carbocycles. The van der Waals surface area contributed by atoms with E-state index in [1.54, 1.807) is 36.7 Å². The highest BCUT2D eigenvalue weighted by Gasteiger charge is 2.16. The van der Waals surface area contributed by atoms with Crippen LogP contribution in [0.25, 0.3) is 11.4 Å². The number of aromatic nitrogens is 4. The molecule has 2 aromatic carbocycles. The summed E-state index contributed by atoms with van der Waals surface area (Å²) < 4.78 is 6.72. The molecule has 0 atom stereocenters. The molecule has 0 spiro atoms. The lowest BCUT2D eigenvalue weighted by molar-refractivity contribution is -0.113. The van der Waals surface area contributed by atoms with Crippen molar-refractivity contribution in [2.45, 2.75) is 18.1 Å². The summed E-state index contributed by atoms with van der Waals surface area (Å²) in [6.45, 7) is 0.674. The summed E-state index contributed by atoms with van der Waals surface area (Å²) in [6.07, 6.45) is 4.25. The van der Waals surface area contributed by atoms with Crippen molar-refractivity contribution in [3.8, 4) is 11.4 Å². The molecule has 0 aliphatic rings. The van der Waals surface area contributed by atoms with Crippen LogP contribution in [-0.2, 0) is 22.5 Å². The van der Waals surface area contributed by atoms with Crippen molar-refractivity contribution in [2.75, 3.05) is 18.2 Å². The molecule has 9 heteroatoms. The Balaban J connectivity index is 1.44. The third-order valence-electron chi connectivity index (χ3n) is 5.04. The first-order valence-corrected chi connectivity index (χ1v) is 11.6. The molecule has 0 aliphatic carbocycles. The predicted molar refractivity (Wildman–Crippen MR) is 131 cm³/mol. The van der Waals surface area contributed by atoms with Gasteiger partial charge in [0.1, 0.15) is 0 Å². The SMILES string of the molecule is COC(=O)c1ccc(NC(=O)CSc2nnc(-c3ccncc3)n2CCc2ccccc2)cc1. The molecule has 0 fully saturated rings. The van der Waals surface area contributed by atoms with Crippen LogP contribution in [0.3, 0.4) is 0 Å². The number of rotatable bonds is 9. The summed E-state index contributed by atoms with van der Waals surface area (Å²) in [4.78, 5) is 28.2. The molecule has 0 radical (unpaired) electrons.